The number of aliphatic hydroxyl groups excluding tert-OH is 1. The maximum Gasteiger partial charge on any atom is 0.0547 e. The zero-order chi connectivity index (χ0) is 8.97. The van der Waals surface area contributed by atoms with Gasteiger partial charge in [-0.05, 0) is 19.3 Å². The van der Waals surface area contributed by atoms with Crippen LogP contribution in [0.2, 0.25) is 0 Å². The molecule has 1 rings (SSSR count). The molecule has 1 aliphatic carbocycles. The van der Waals surface area contributed by atoms with E-state index in [2.05, 4.69) is 6.92 Å². The maximum absolute atomic E-state index is 8.88. The number of rotatable bonds is 3. The average molecular weight is 189 g/mol. The van der Waals surface area contributed by atoms with Crippen LogP contribution in [0.15, 0.2) is 0 Å². The molecule has 0 radical (unpaired) electrons. The lowest BCUT2D eigenvalue weighted by Gasteiger charge is -2.27. The van der Waals surface area contributed by atoms with E-state index in [1.165, 1.54) is 19.3 Å². The van der Waals surface area contributed by atoms with E-state index in [0.717, 1.165) is 6.42 Å². The number of hydrogen-bond acceptors (Lipinski definition) is 3. The number of nitrogens with two attached hydrogens (primary N) is 1. The van der Waals surface area contributed by atoms with Gasteiger partial charge in [0.2, 0.25) is 0 Å². The molecule has 72 valence electrons. The zero-order valence-corrected chi connectivity index (χ0v) is 8.52. The van der Waals surface area contributed by atoms with Gasteiger partial charge in [-0.25, -0.2) is 0 Å². The molecule has 0 saturated heterocycles. The summed E-state index contributed by atoms with van der Waals surface area (Å²) in [5.41, 5.74) is 5.87. The molecule has 2 nitrogen and oxygen atoms in total. The first-order valence-electron chi connectivity index (χ1n) is 4.74. The number of aliphatic hydroxyl groups is 1. The van der Waals surface area contributed by atoms with Crippen LogP contribution in [0.1, 0.15) is 32.6 Å². The second kappa shape index (κ2) is 5.10. The Hall–Kier alpha value is 0.270. The molecule has 0 aromatic rings. The molecular formula is C9H19NOS. The van der Waals surface area contributed by atoms with Crippen LogP contribution in [0.4, 0.5) is 0 Å². The van der Waals surface area contributed by atoms with Crippen molar-refractivity contribution in [1.29, 1.82) is 0 Å². The van der Waals surface area contributed by atoms with Gasteiger partial charge in [0.1, 0.15) is 0 Å². The van der Waals surface area contributed by atoms with Gasteiger partial charge in [0.15, 0.2) is 0 Å². The van der Waals surface area contributed by atoms with Crippen LogP contribution < -0.4 is 5.73 Å². The number of hydrogen-bond donors (Lipinski definition) is 2. The summed E-state index contributed by atoms with van der Waals surface area (Å²) in [6.07, 6.45) is 4.86. The molecule has 0 aromatic carbocycles. The highest BCUT2D eigenvalue weighted by Gasteiger charge is 2.20. The Bertz CT molecular complexity index is 132. The van der Waals surface area contributed by atoms with Gasteiger partial charge in [0.25, 0.3) is 0 Å². The molecule has 1 aliphatic rings. The molecule has 1 fully saturated rings. The summed E-state index contributed by atoms with van der Waals surface area (Å²) >= 11 is 1.89. The average Bonchev–Trinajstić information content (AvgIpc) is 2.04. The molecule has 0 aliphatic heterocycles. The highest BCUT2D eigenvalue weighted by atomic mass is 32.2. The molecular weight excluding hydrogens is 170 g/mol. The van der Waals surface area contributed by atoms with Gasteiger partial charge in [-0.15, -0.1) is 0 Å². The summed E-state index contributed by atoms with van der Waals surface area (Å²) in [7, 11) is 0. The first-order chi connectivity index (χ1) is 5.72. The van der Waals surface area contributed by atoms with Crippen molar-refractivity contribution in [2.75, 3.05) is 6.61 Å². The van der Waals surface area contributed by atoms with E-state index < -0.39 is 0 Å². The summed E-state index contributed by atoms with van der Waals surface area (Å²) in [6.45, 7) is 2.36. The van der Waals surface area contributed by atoms with E-state index in [4.69, 9.17) is 10.8 Å². The Morgan fingerprint density at radius 2 is 2.33 bits per heavy atom. The number of thioether (sulfide) groups is 1. The summed E-state index contributed by atoms with van der Waals surface area (Å²) in [5.74, 6) is 0. The summed E-state index contributed by atoms with van der Waals surface area (Å²) in [4.78, 5) is 0. The van der Waals surface area contributed by atoms with Gasteiger partial charge in [-0.1, -0.05) is 13.3 Å². The molecule has 0 aromatic heterocycles. The third-order valence-corrected chi connectivity index (χ3v) is 3.78. The van der Waals surface area contributed by atoms with Crippen molar-refractivity contribution < 1.29 is 5.11 Å². The predicted molar refractivity (Wildman–Crippen MR) is 54.4 cm³/mol. The fourth-order valence-electron chi connectivity index (χ4n) is 1.68. The SMILES string of the molecule is CC(CO)SC1CCCC(N)C1. The lowest BCUT2D eigenvalue weighted by Crippen LogP contribution is -2.30. The zero-order valence-electron chi connectivity index (χ0n) is 7.70. The third kappa shape index (κ3) is 3.33. The van der Waals surface area contributed by atoms with Gasteiger partial charge in [-0.3, -0.25) is 0 Å². The Balaban J connectivity index is 2.22. The second-order valence-corrected chi connectivity index (χ2v) is 5.42. The molecule has 0 amide bonds. The van der Waals surface area contributed by atoms with Gasteiger partial charge in [0, 0.05) is 16.5 Å². The minimum Gasteiger partial charge on any atom is -0.395 e. The molecule has 3 atom stereocenters. The summed E-state index contributed by atoms with van der Waals surface area (Å²) in [5, 5.41) is 9.95. The van der Waals surface area contributed by atoms with Crippen molar-refractivity contribution in [2.45, 2.75) is 49.1 Å². The van der Waals surface area contributed by atoms with Crippen molar-refractivity contribution in [2.24, 2.45) is 5.73 Å². The lowest BCUT2D eigenvalue weighted by atomic mass is 9.96. The summed E-state index contributed by atoms with van der Waals surface area (Å²) < 4.78 is 0. The standard InChI is InChI=1S/C9H19NOS/c1-7(6-11)12-9-4-2-3-8(10)5-9/h7-9,11H,2-6,10H2,1H3. The van der Waals surface area contributed by atoms with Crippen molar-refractivity contribution in [3.63, 3.8) is 0 Å². The van der Waals surface area contributed by atoms with Crippen LogP contribution in [-0.4, -0.2) is 28.3 Å². The minimum atomic E-state index is 0.288. The van der Waals surface area contributed by atoms with E-state index in [1.54, 1.807) is 0 Å². The Labute approximate surface area is 78.9 Å². The smallest absolute Gasteiger partial charge is 0.0547 e. The van der Waals surface area contributed by atoms with Crippen LogP contribution in [0.25, 0.3) is 0 Å². The molecule has 0 heterocycles. The molecule has 12 heavy (non-hydrogen) atoms. The first kappa shape index (κ1) is 10.4. The largest absolute Gasteiger partial charge is 0.395 e. The second-order valence-electron chi connectivity index (χ2n) is 3.68. The molecule has 1 saturated carbocycles. The topological polar surface area (TPSA) is 46.2 Å². The van der Waals surface area contributed by atoms with Crippen molar-refractivity contribution in [1.82, 2.24) is 0 Å². The maximum atomic E-state index is 8.88. The fourth-order valence-corrected chi connectivity index (χ4v) is 3.08. The van der Waals surface area contributed by atoms with Crippen molar-refractivity contribution in [3.05, 3.63) is 0 Å². The van der Waals surface area contributed by atoms with Crippen molar-refractivity contribution in [3.8, 4) is 0 Å². The first-order valence-corrected chi connectivity index (χ1v) is 5.68. The van der Waals surface area contributed by atoms with Gasteiger partial charge < -0.3 is 10.8 Å². The van der Waals surface area contributed by atoms with Gasteiger partial charge in [0.05, 0.1) is 6.61 Å². The summed E-state index contributed by atoms with van der Waals surface area (Å²) in [6, 6.07) is 0.405. The van der Waals surface area contributed by atoms with Crippen LogP contribution in [-0.2, 0) is 0 Å². The van der Waals surface area contributed by atoms with Gasteiger partial charge >= 0.3 is 0 Å². The van der Waals surface area contributed by atoms with E-state index in [0.29, 0.717) is 16.5 Å². The third-order valence-electron chi connectivity index (χ3n) is 2.35. The predicted octanol–water partition coefficient (Wildman–Crippen LogP) is 1.37. The van der Waals surface area contributed by atoms with Crippen LogP contribution in [0.5, 0.6) is 0 Å². The van der Waals surface area contributed by atoms with E-state index >= 15 is 0 Å². The fraction of sp³-hybridized carbons (Fsp3) is 1.00. The molecule has 0 spiro atoms. The van der Waals surface area contributed by atoms with E-state index in [1.807, 2.05) is 11.8 Å². The highest BCUT2D eigenvalue weighted by molar-refractivity contribution is 8.00. The Kier molecular flexibility index (Phi) is 4.40. The van der Waals surface area contributed by atoms with Crippen LogP contribution >= 0.6 is 11.8 Å². The van der Waals surface area contributed by atoms with E-state index in [-0.39, 0.29) is 6.61 Å². The molecule has 0 bridgehead atoms. The van der Waals surface area contributed by atoms with Crippen LogP contribution in [0, 0.1) is 0 Å². The molecule has 3 N–H and O–H groups in total. The lowest BCUT2D eigenvalue weighted by molar-refractivity contribution is 0.299. The van der Waals surface area contributed by atoms with E-state index in [9.17, 15) is 0 Å². The highest BCUT2D eigenvalue weighted by Crippen LogP contribution is 2.30. The normalized spacial score (nSPS) is 33.2. The quantitative estimate of drug-likeness (QED) is 0.705. The minimum absolute atomic E-state index is 0.288. The van der Waals surface area contributed by atoms with Gasteiger partial charge in [-0.2, -0.15) is 11.8 Å². The molecule has 3 unspecified atom stereocenters. The Morgan fingerprint density at radius 3 is 2.92 bits per heavy atom. The van der Waals surface area contributed by atoms with Crippen LogP contribution in [0.3, 0.4) is 0 Å². The Morgan fingerprint density at radius 1 is 1.58 bits per heavy atom. The monoisotopic (exact) mass is 189 g/mol. The molecule has 3 heteroatoms. The van der Waals surface area contributed by atoms with Crippen molar-refractivity contribution >= 4 is 11.8 Å².